The van der Waals surface area contributed by atoms with Gasteiger partial charge in [-0.2, -0.15) is 0 Å². The van der Waals surface area contributed by atoms with Crippen molar-refractivity contribution < 1.29 is 14.2 Å². The van der Waals surface area contributed by atoms with Gasteiger partial charge in [0, 0.05) is 5.39 Å². The SMILES string of the molecule is CCOc1cccc2cc(Cc3ccccc3)c3cc(OC)c(OC)cc3c12. The van der Waals surface area contributed by atoms with Crippen LogP contribution in [0.1, 0.15) is 18.1 Å². The van der Waals surface area contributed by atoms with Crippen LogP contribution in [-0.2, 0) is 6.42 Å². The second-order valence-electron chi connectivity index (χ2n) is 6.74. The van der Waals surface area contributed by atoms with E-state index in [4.69, 9.17) is 14.2 Å². The average Bonchev–Trinajstić information content (AvgIpc) is 2.73. The summed E-state index contributed by atoms with van der Waals surface area (Å²) in [6.45, 7) is 2.63. The van der Waals surface area contributed by atoms with Gasteiger partial charge in [-0.25, -0.2) is 0 Å². The standard InChI is InChI=1S/C25H24O3/c1-4-28-22-12-8-11-18-14-19(13-17-9-6-5-7-10-17)20-15-23(26-2)24(27-3)16-21(20)25(18)22/h5-12,14-16H,4,13H2,1-3H3. The van der Waals surface area contributed by atoms with Crippen LogP contribution >= 0.6 is 0 Å². The van der Waals surface area contributed by atoms with E-state index in [0.717, 1.165) is 45.2 Å². The van der Waals surface area contributed by atoms with E-state index in [2.05, 4.69) is 48.5 Å². The lowest BCUT2D eigenvalue weighted by atomic mass is 9.92. The van der Waals surface area contributed by atoms with Crippen LogP contribution in [0.15, 0.2) is 66.7 Å². The molecule has 0 unspecified atom stereocenters. The molecule has 0 atom stereocenters. The Labute approximate surface area is 165 Å². The molecule has 4 aromatic carbocycles. The van der Waals surface area contributed by atoms with Crippen molar-refractivity contribution in [1.82, 2.24) is 0 Å². The molecule has 28 heavy (non-hydrogen) atoms. The van der Waals surface area contributed by atoms with Gasteiger partial charge < -0.3 is 14.2 Å². The predicted molar refractivity (Wildman–Crippen MR) is 115 cm³/mol. The van der Waals surface area contributed by atoms with Crippen LogP contribution in [0.5, 0.6) is 17.2 Å². The number of benzene rings is 4. The lowest BCUT2D eigenvalue weighted by Gasteiger charge is -2.17. The Balaban J connectivity index is 2.05. The zero-order chi connectivity index (χ0) is 19.5. The van der Waals surface area contributed by atoms with E-state index in [1.165, 1.54) is 11.1 Å². The summed E-state index contributed by atoms with van der Waals surface area (Å²) in [6.07, 6.45) is 0.849. The van der Waals surface area contributed by atoms with Crippen molar-refractivity contribution >= 4 is 21.5 Å². The van der Waals surface area contributed by atoms with Crippen LogP contribution in [0.2, 0.25) is 0 Å². The van der Waals surface area contributed by atoms with Gasteiger partial charge in [-0.1, -0.05) is 48.5 Å². The zero-order valence-corrected chi connectivity index (χ0v) is 16.5. The maximum atomic E-state index is 5.94. The molecule has 0 aromatic heterocycles. The van der Waals surface area contributed by atoms with E-state index in [1.54, 1.807) is 14.2 Å². The topological polar surface area (TPSA) is 27.7 Å². The van der Waals surface area contributed by atoms with E-state index >= 15 is 0 Å². The summed E-state index contributed by atoms with van der Waals surface area (Å²) in [5.74, 6) is 2.35. The first-order chi connectivity index (χ1) is 13.7. The minimum Gasteiger partial charge on any atom is -0.493 e. The number of hydrogen-bond donors (Lipinski definition) is 0. The normalized spacial score (nSPS) is 11.0. The fourth-order valence-electron chi connectivity index (χ4n) is 3.81. The highest BCUT2D eigenvalue weighted by molar-refractivity contribution is 6.13. The zero-order valence-electron chi connectivity index (χ0n) is 16.5. The molecule has 3 heteroatoms. The van der Waals surface area contributed by atoms with Gasteiger partial charge in [0.25, 0.3) is 0 Å². The Morgan fingerprint density at radius 2 is 1.43 bits per heavy atom. The summed E-state index contributed by atoms with van der Waals surface area (Å²) in [6, 6.07) is 23.1. The van der Waals surface area contributed by atoms with E-state index in [9.17, 15) is 0 Å². The molecule has 0 saturated heterocycles. The summed E-state index contributed by atoms with van der Waals surface area (Å²) < 4.78 is 17.1. The van der Waals surface area contributed by atoms with E-state index in [1.807, 2.05) is 25.1 Å². The van der Waals surface area contributed by atoms with Gasteiger partial charge in [0.05, 0.1) is 20.8 Å². The maximum absolute atomic E-state index is 5.94. The van der Waals surface area contributed by atoms with Crippen molar-refractivity contribution in [3.8, 4) is 17.2 Å². The molecule has 0 aliphatic carbocycles. The molecule has 0 N–H and O–H groups in total. The first-order valence-corrected chi connectivity index (χ1v) is 9.52. The molecule has 0 saturated carbocycles. The molecule has 0 fully saturated rings. The summed E-state index contributed by atoms with van der Waals surface area (Å²) in [7, 11) is 3.34. The number of fused-ring (bicyclic) bond motifs is 3. The second kappa shape index (κ2) is 7.81. The minimum absolute atomic E-state index is 0.625. The van der Waals surface area contributed by atoms with E-state index < -0.39 is 0 Å². The smallest absolute Gasteiger partial charge is 0.161 e. The highest BCUT2D eigenvalue weighted by Crippen LogP contribution is 2.41. The Morgan fingerprint density at radius 1 is 0.714 bits per heavy atom. The molecule has 4 aromatic rings. The fraction of sp³-hybridized carbons (Fsp3) is 0.200. The minimum atomic E-state index is 0.625. The van der Waals surface area contributed by atoms with Gasteiger partial charge in [-0.15, -0.1) is 0 Å². The fourth-order valence-corrected chi connectivity index (χ4v) is 3.81. The maximum Gasteiger partial charge on any atom is 0.161 e. The molecular formula is C25H24O3. The molecule has 0 spiro atoms. The van der Waals surface area contributed by atoms with Crippen molar-refractivity contribution in [1.29, 1.82) is 0 Å². The number of rotatable bonds is 6. The third-order valence-corrected chi connectivity index (χ3v) is 5.06. The summed E-state index contributed by atoms with van der Waals surface area (Å²) in [5, 5.41) is 4.54. The highest BCUT2D eigenvalue weighted by Gasteiger charge is 2.15. The van der Waals surface area contributed by atoms with Crippen molar-refractivity contribution in [3.63, 3.8) is 0 Å². The molecule has 0 aliphatic heterocycles. The molecule has 0 radical (unpaired) electrons. The summed E-state index contributed by atoms with van der Waals surface area (Å²) in [4.78, 5) is 0. The van der Waals surface area contributed by atoms with Crippen LogP contribution in [0.4, 0.5) is 0 Å². The Kier molecular flexibility index (Phi) is 5.07. The Morgan fingerprint density at radius 3 is 2.11 bits per heavy atom. The predicted octanol–water partition coefficient (Wildman–Crippen LogP) is 6.00. The number of methoxy groups -OCH3 is 2. The lowest BCUT2D eigenvalue weighted by Crippen LogP contribution is -1.97. The first-order valence-electron chi connectivity index (χ1n) is 9.52. The quantitative estimate of drug-likeness (QED) is 0.389. The van der Waals surface area contributed by atoms with Gasteiger partial charge in [0.2, 0.25) is 0 Å². The molecule has 0 bridgehead atoms. The van der Waals surface area contributed by atoms with Crippen LogP contribution < -0.4 is 14.2 Å². The van der Waals surface area contributed by atoms with E-state index in [-0.39, 0.29) is 0 Å². The van der Waals surface area contributed by atoms with Gasteiger partial charge >= 0.3 is 0 Å². The summed E-state index contributed by atoms with van der Waals surface area (Å²) >= 11 is 0. The summed E-state index contributed by atoms with van der Waals surface area (Å²) in [5.41, 5.74) is 2.53. The second-order valence-corrected chi connectivity index (χ2v) is 6.74. The first kappa shape index (κ1) is 18.2. The Bertz CT molecular complexity index is 1120. The van der Waals surface area contributed by atoms with Gasteiger partial charge in [0.1, 0.15) is 5.75 Å². The third kappa shape index (κ3) is 3.24. The van der Waals surface area contributed by atoms with Crippen molar-refractivity contribution in [2.75, 3.05) is 20.8 Å². The van der Waals surface area contributed by atoms with Gasteiger partial charge in [-0.05, 0) is 58.8 Å². The third-order valence-electron chi connectivity index (χ3n) is 5.06. The van der Waals surface area contributed by atoms with Gasteiger partial charge in [-0.3, -0.25) is 0 Å². The number of ether oxygens (including phenoxy) is 3. The molecule has 0 aliphatic rings. The van der Waals surface area contributed by atoms with Crippen molar-refractivity contribution in [2.45, 2.75) is 13.3 Å². The van der Waals surface area contributed by atoms with Crippen molar-refractivity contribution in [2.24, 2.45) is 0 Å². The largest absolute Gasteiger partial charge is 0.493 e. The monoisotopic (exact) mass is 372 g/mol. The lowest BCUT2D eigenvalue weighted by molar-refractivity contribution is 0.344. The van der Waals surface area contributed by atoms with Crippen LogP contribution in [0.3, 0.4) is 0 Å². The van der Waals surface area contributed by atoms with E-state index in [0.29, 0.717) is 6.61 Å². The molecule has 4 rings (SSSR count). The molecule has 0 amide bonds. The molecule has 0 heterocycles. The van der Waals surface area contributed by atoms with Crippen LogP contribution in [-0.4, -0.2) is 20.8 Å². The van der Waals surface area contributed by atoms with Crippen molar-refractivity contribution in [3.05, 3.63) is 77.9 Å². The molecule has 3 nitrogen and oxygen atoms in total. The van der Waals surface area contributed by atoms with Crippen LogP contribution in [0, 0.1) is 0 Å². The molecule has 142 valence electrons. The highest BCUT2D eigenvalue weighted by atomic mass is 16.5. The van der Waals surface area contributed by atoms with Crippen LogP contribution in [0.25, 0.3) is 21.5 Å². The molecular weight excluding hydrogens is 348 g/mol. The Hall–Kier alpha value is -3.20. The average molecular weight is 372 g/mol. The number of hydrogen-bond acceptors (Lipinski definition) is 3. The van der Waals surface area contributed by atoms with Gasteiger partial charge in [0.15, 0.2) is 11.5 Å².